The Balaban J connectivity index is 2.45. The lowest BCUT2D eigenvalue weighted by molar-refractivity contribution is -0.140. The van der Waals surface area contributed by atoms with Crippen molar-refractivity contribution in [3.63, 3.8) is 0 Å². The van der Waals surface area contributed by atoms with Crippen LogP contribution in [0.15, 0.2) is 29.5 Å². The highest BCUT2D eigenvalue weighted by Crippen LogP contribution is 2.36. The normalized spacial score (nSPS) is 16.9. The Labute approximate surface area is 161 Å². The fourth-order valence-electron chi connectivity index (χ4n) is 2.71. The summed E-state index contributed by atoms with van der Waals surface area (Å²) in [5.41, 5.74) is 0.908. The van der Waals surface area contributed by atoms with Gasteiger partial charge >= 0.3 is 18.6 Å². The Morgan fingerprint density at radius 1 is 1.25 bits per heavy atom. The lowest BCUT2D eigenvalue weighted by Gasteiger charge is -2.33. The standard InChI is InChI=1S/C18H22F2N2O6/c1-10-14(16(23)27-8-7-25-3)15(21-18(24)22(10)2)11-5-6-12(26-4)13(9-11)28-17(19)20/h5-6,9,15,17H,7-8H2,1-4H3,(H,21,24)/t15-/m0/s1. The molecule has 0 unspecified atom stereocenters. The van der Waals surface area contributed by atoms with Crippen LogP contribution in [0.2, 0.25) is 0 Å². The van der Waals surface area contributed by atoms with Gasteiger partial charge in [-0.25, -0.2) is 9.59 Å². The highest BCUT2D eigenvalue weighted by atomic mass is 19.3. The Kier molecular flexibility index (Phi) is 7.16. The molecule has 28 heavy (non-hydrogen) atoms. The van der Waals surface area contributed by atoms with E-state index in [1.807, 2.05) is 0 Å². The van der Waals surface area contributed by atoms with Crippen LogP contribution in [0.3, 0.4) is 0 Å². The number of amides is 2. The van der Waals surface area contributed by atoms with E-state index in [0.29, 0.717) is 11.3 Å². The van der Waals surface area contributed by atoms with E-state index in [1.165, 1.54) is 38.3 Å². The second kappa shape index (κ2) is 9.36. The van der Waals surface area contributed by atoms with Crippen LogP contribution in [-0.2, 0) is 14.3 Å². The number of methoxy groups -OCH3 is 2. The highest BCUT2D eigenvalue weighted by Gasteiger charge is 2.35. The summed E-state index contributed by atoms with van der Waals surface area (Å²) in [5, 5.41) is 2.67. The first kappa shape index (κ1) is 21.4. The summed E-state index contributed by atoms with van der Waals surface area (Å²) in [6, 6.07) is 2.88. The Morgan fingerprint density at radius 3 is 2.57 bits per heavy atom. The monoisotopic (exact) mass is 400 g/mol. The fraction of sp³-hybridized carbons (Fsp3) is 0.444. The molecule has 1 aromatic carbocycles. The molecule has 10 heteroatoms. The number of benzene rings is 1. The van der Waals surface area contributed by atoms with Crippen LogP contribution in [0.5, 0.6) is 11.5 Å². The number of rotatable bonds is 8. The van der Waals surface area contributed by atoms with Gasteiger partial charge in [0.2, 0.25) is 0 Å². The van der Waals surface area contributed by atoms with Gasteiger partial charge in [-0.05, 0) is 24.6 Å². The molecule has 0 saturated heterocycles. The van der Waals surface area contributed by atoms with Gasteiger partial charge in [-0.2, -0.15) is 8.78 Å². The molecule has 1 aliphatic heterocycles. The maximum Gasteiger partial charge on any atom is 0.387 e. The van der Waals surface area contributed by atoms with Crippen LogP contribution in [0.4, 0.5) is 13.6 Å². The van der Waals surface area contributed by atoms with Gasteiger partial charge < -0.3 is 29.2 Å². The van der Waals surface area contributed by atoms with Crippen LogP contribution >= 0.6 is 0 Å². The van der Waals surface area contributed by atoms with E-state index in [1.54, 1.807) is 13.0 Å². The maximum atomic E-state index is 12.7. The first-order valence-electron chi connectivity index (χ1n) is 8.34. The number of carbonyl (C=O) groups excluding carboxylic acids is 2. The number of hydrogen-bond donors (Lipinski definition) is 1. The summed E-state index contributed by atoms with van der Waals surface area (Å²) in [6.45, 7) is -1.23. The average molecular weight is 400 g/mol. The van der Waals surface area contributed by atoms with E-state index < -0.39 is 24.7 Å². The SMILES string of the molecule is COCCOC(=O)C1=C(C)N(C)C(=O)N[C@H]1c1ccc(OC)c(OC(F)F)c1. The molecule has 0 aliphatic carbocycles. The van der Waals surface area contributed by atoms with Crippen molar-refractivity contribution in [1.82, 2.24) is 10.2 Å². The molecule has 0 spiro atoms. The van der Waals surface area contributed by atoms with Gasteiger partial charge in [0.25, 0.3) is 0 Å². The van der Waals surface area contributed by atoms with Crippen molar-refractivity contribution in [2.75, 3.05) is 34.5 Å². The molecule has 1 aliphatic rings. The van der Waals surface area contributed by atoms with Crippen molar-refractivity contribution in [2.24, 2.45) is 0 Å². The first-order chi connectivity index (χ1) is 13.3. The predicted octanol–water partition coefficient (Wildman–Crippen LogP) is 2.46. The second-order valence-corrected chi connectivity index (χ2v) is 5.86. The Morgan fingerprint density at radius 2 is 1.96 bits per heavy atom. The minimum absolute atomic E-state index is 0.0266. The summed E-state index contributed by atoms with van der Waals surface area (Å²) in [4.78, 5) is 26.1. The molecule has 1 N–H and O–H groups in total. The van der Waals surface area contributed by atoms with E-state index >= 15 is 0 Å². The number of alkyl halides is 2. The van der Waals surface area contributed by atoms with Crippen molar-refractivity contribution < 1.29 is 37.3 Å². The molecule has 0 saturated carbocycles. The molecule has 0 radical (unpaired) electrons. The fourth-order valence-corrected chi connectivity index (χ4v) is 2.71. The van der Waals surface area contributed by atoms with Crippen LogP contribution in [0.25, 0.3) is 0 Å². The van der Waals surface area contributed by atoms with E-state index in [2.05, 4.69) is 10.1 Å². The van der Waals surface area contributed by atoms with Gasteiger partial charge in [-0.15, -0.1) is 0 Å². The molecule has 1 aromatic rings. The van der Waals surface area contributed by atoms with Crippen molar-refractivity contribution in [2.45, 2.75) is 19.6 Å². The average Bonchev–Trinajstić information content (AvgIpc) is 2.65. The maximum absolute atomic E-state index is 12.7. The molecule has 0 bridgehead atoms. The number of hydrogen-bond acceptors (Lipinski definition) is 6. The summed E-state index contributed by atoms with van der Waals surface area (Å²) in [5.74, 6) is -0.778. The number of carbonyl (C=O) groups is 2. The number of allylic oxidation sites excluding steroid dienone is 1. The largest absolute Gasteiger partial charge is 0.493 e. The third kappa shape index (κ3) is 4.69. The molecule has 8 nitrogen and oxygen atoms in total. The molecule has 2 amide bonds. The topological polar surface area (TPSA) is 86.3 Å². The van der Waals surface area contributed by atoms with Gasteiger partial charge in [0.05, 0.1) is 25.3 Å². The van der Waals surface area contributed by atoms with Crippen LogP contribution < -0.4 is 14.8 Å². The minimum atomic E-state index is -3.06. The second-order valence-electron chi connectivity index (χ2n) is 5.86. The molecule has 1 atom stereocenters. The quantitative estimate of drug-likeness (QED) is 0.533. The lowest BCUT2D eigenvalue weighted by atomic mass is 9.94. The minimum Gasteiger partial charge on any atom is -0.493 e. The number of ether oxygens (including phenoxy) is 4. The molecule has 0 aromatic heterocycles. The zero-order valence-corrected chi connectivity index (χ0v) is 16.0. The molecule has 154 valence electrons. The number of halogens is 2. The van der Waals surface area contributed by atoms with E-state index in [9.17, 15) is 18.4 Å². The predicted molar refractivity (Wildman–Crippen MR) is 94.2 cm³/mol. The van der Waals surface area contributed by atoms with Gasteiger partial charge in [0.15, 0.2) is 11.5 Å². The number of esters is 1. The first-order valence-corrected chi connectivity index (χ1v) is 8.34. The molecule has 1 heterocycles. The van der Waals surface area contributed by atoms with E-state index in [-0.39, 0.29) is 30.3 Å². The van der Waals surface area contributed by atoms with Crippen molar-refractivity contribution in [3.05, 3.63) is 35.0 Å². The number of urea groups is 1. The van der Waals surface area contributed by atoms with Gasteiger partial charge in [-0.1, -0.05) is 6.07 Å². The third-order valence-electron chi connectivity index (χ3n) is 4.23. The van der Waals surface area contributed by atoms with Crippen molar-refractivity contribution >= 4 is 12.0 Å². The number of nitrogens with zero attached hydrogens (tertiary/aromatic N) is 1. The smallest absolute Gasteiger partial charge is 0.387 e. The lowest BCUT2D eigenvalue weighted by Crippen LogP contribution is -2.46. The summed E-state index contributed by atoms with van der Waals surface area (Å²) >= 11 is 0. The van der Waals surface area contributed by atoms with Crippen molar-refractivity contribution in [1.29, 1.82) is 0 Å². The van der Waals surface area contributed by atoms with Gasteiger partial charge in [0.1, 0.15) is 6.61 Å². The zero-order chi connectivity index (χ0) is 20.8. The Bertz CT molecular complexity index is 768. The van der Waals surface area contributed by atoms with Gasteiger partial charge in [-0.3, -0.25) is 0 Å². The molecule has 2 rings (SSSR count). The molecular formula is C18H22F2N2O6. The highest BCUT2D eigenvalue weighted by molar-refractivity contribution is 5.95. The Hall–Kier alpha value is -2.88. The third-order valence-corrected chi connectivity index (χ3v) is 4.23. The molecule has 0 fully saturated rings. The number of nitrogens with one attached hydrogen (secondary N) is 1. The van der Waals surface area contributed by atoms with Crippen LogP contribution in [0, 0.1) is 0 Å². The summed E-state index contributed by atoms with van der Waals surface area (Å²) in [7, 11) is 4.29. The van der Waals surface area contributed by atoms with E-state index in [0.717, 1.165) is 0 Å². The van der Waals surface area contributed by atoms with E-state index in [4.69, 9.17) is 14.2 Å². The van der Waals surface area contributed by atoms with Crippen molar-refractivity contribution in [3.8, 4) is 11.5 Å². The van der Waals surface area contributed by atoms with Crippen LogP contribution in [0.1, 0.15) is 18.5 Å². The summed E-state index contributed by atoms with van der Waals surface area (Å²) < 4.78 is 45.0. The van der Waals surface area contributed by atoms with Gasteiger partial charge in [0, 0.05) is 19.9 Å². The van der Waals surface area contributed by atoms with Crippen LogP contribution in [-0.4, -0.2) is 58.0 Å². The molecular weight excluding hydrogens is 378 g/mol. The zero-order valence-electron chi connectivity index (χ0n) is 16.0. The summed E-state index contributed by atoms with van der Waals surface area (Å²) in [6.07, 6.45) is 0.